The highest BCUT2D eigenvalue weighted by Gasteiger charge is 2.30. The molecule has 37 heavy (non-hydrogen) atoms. The van der Waals surface area contributed by atoms with Crippen LogP contribution in [-0.4, -0.2) is 29.4 Å². The Balaban J connectivity index is 1.78. The molecule has 0 unspecified atom stereocenters. The fourth-order valence-corrected chi connectivity index (χ4v) is 3.43. The molecule has 0 aliphatic rings. The van der Waals surface area contributed by atoms with Crippen molar-refractivity contribution < 1.29 is 32.7 Å². The molecule has 0 aliphatic carbocycles. The number of rotatable bonds is 10. The summed E-state index contributed by atoms with van der Waals surface area (Å²) in [6.07, 6.45) is -2.32. The third-order valence-electron chi connectivity index (χ3n) is 5.40. The van der Waals surface area contributed by atoms with Gasteiger partial charge < -0.3 is 15.7 Å². The third kappa shape index (κ3) is 8.34. The molecule has 3 aromatic carbocycles. The number of unbranched alkanes of at least 4 members (excludes halogenated alkanes) is 1. The van der Waals surface area contributed by atoms with E-state index in [9.17, 15) is 27.6 Å². The first-order chi connectivity index (χ1) is 17.6. The Morgan fingerprint density at radius 2 is 1.43 bits per heavy atom. The van der Waals surface area contributed by atoms with Gasteiger partial charge in [-0.2, -0.15) is 13.2 Å². The van der Waals surface area contributed by atoms with Crippen LogP contribution in [-0.2, 0) is 15.8 Å². The lowest BCUT2D eigenvalue weighted by Gasteiger charge is -2.12. The van der Waals surface area contributed by atoms with Gasteiger partial charge in [-0.15, -0.1) is 0 Å². The zero-order chi connectivity index (χ0) is 26.8. The van der Waals surface area contributed by atoms with Gasteiger partial charge in [-0.05, 0) is 59.9 Å². The molecule has 2 amide bonds. The highest BCUT2D eigenvalue weighted by Crippen LogP contribution is 2.29. The lowest BCUT2D eigenvalue weighted by atomic mass is 10.0. The zero-order valence-electron chi connectivity index (χ0n) is 19.7. The molecule has 0 spiro atoms. The van der Waals surface area contributed by atoms with Gasteiger partial charge in [-0.1, -0.05) is 54.6 Å². The molecule has 0 bridgehead atoms. The number of hydrogen-bond donors (Lipinski definition) is 3. The molecule has 0 saturated heterocycles. The van der Waals surface area contributed by atoms with E-state index in [4.69, 9.17) is 5.11 Å². The normalized spacial score (nSPS) is 11.6. The number of halogens is 3. The molecular formula is C28H25F3N2O4. The summed E-state index contributed by atoms with van der Waals surface area (Å²) in [5, 5.41) is 13.8. The van der Waals surface area contributed by atoms with Gasteiger partial charge in [-0.3, -0.25) is 14.4 Å². The van der Waals surface area contributed by atoms with Crippen molar-refractivity contribution in [2.24, 2.45) is 0 Å². The molecule has 0 aliphatic heterocycles. The number of hydrogen-bond acceptors (Lipinski definition) is 3. The molecule has 3 aromatic rings. The molecule has 0 saturated carbocycles. The Hall–Kier alpha value is -4.40. The minimum absolute atomic E-state index is 0.0308. The monoisotopic (exact) mass is 510 g/mol. The molecule has 6 nitrogen and oxygen atoms in total. The van der Waals surface area contributed by atoms with E-state index in [1.54, 1.807) is 12.1 Å². The van der Waals surface area contributed by atoms with Crippen LogP contribution in [0.5, 0.6) is 0 Å². The van der Waals surface area contributed by atoms with Gasteiger partial charge in [0.1, 0.15) is 5.70 Å². The van der Waals surface area contributed by atoms with Crippen LogP contribution in [0.2, 0.25) is 0 Å². The molecular weight excluding hydrogens is 485 g/mol. The molecule has 3 N–H and O–H groups in total. The summed E-state index contributed by atoms with van der Waals surface area (Å²) in [5.74, 6) is -2.29. The van der Waals surface area contributed by atoms with Crippen LogP contribution in [0, 0.1) is 0 Å². The summed E-state index contributed by atoms with van der Waals surface area (Å²) in [6, 6.07) is 20.6. The number of carboxylic acids is 1. The Kier molecular flexibility index (Phi) is 9.21. The van der Waals surface area contributed by atoms with Crippen LogP contribution in [0.1, 0.15) is 40.7 Å². The van der Waals surface area contributed by atoms with Crippen molar-refractivity contribution in [3.63, 3.8) is 0 Å². The highest BCUT2D eigenvalue weighted by molar-refractivity contribution is 6.05. The maximum absolute atomic E-state index is 12.8. The van der Waals surface area contributed by atoms with Gasteiger partial charge in [-0.25, -0.2) is 0 Å². The molecule has 3 rings (SSSR count). The largest absolute Gasteiger partial charge is 0.481 e. The topological polar surface area (TPSA) is 95.5 Å². The summed E-state index contributed by atoms with van der Waals surface area (Å²) >= 11 is 0. The first kappa shape index (κ1) is 27.2. The van der Waals surface area contributed by atoms with E-state index in [1.165, 1.54) is 6.08 Å². The molecule has 0 heterocycles. The average molecular weight is 511 g/mol. The second-order valence-electron chi connectivity index (χ2n) is 8.18. The molecule has 0 fully saturated rings. The second-order valence-corrected chi connectivity index (χ2v) is 8.18. The van der Waals surface area contributed by atoms with Crippen molar-refractivity contribution in [2.45, 2.75) is 25.4 Å². The van der Waals surface area contributed by atoms with E-state index in [0.29, 0.717) is 18.4 Å². The van der Waals surface area contributed by atoms with Gasteiger partial charge in [0.15, 0.2) is 0 Å². The minimum atomic E-state index is -4.54. The summed E-state index contributed by atoms with van der Waals surface area (Å²) in [6.45, 7) is 0.187. The highest BCUT2D eigenvalue weighted by atomic mass is 19.4. The number of carbonyl (C=O) groups is 3. The van der Waals surface area contributed by atoms with Crippen molar-refractivity contribution in [1.29, 1.82) is 0 Å². The maximum Gasteiger partial charge on any atom is 0.416 e. The average Bonchev–Trinajstić information content (AvgIpc) is 2.88. The SMILES string of the molecule is O=C(O)CCCCNC(=O)C(=Cc1ccc(-c2ccccc2)cc1)NC(=O)c1ccc(C(F)(F)F)cc1. The molecule has 192 valence electrons. The van der Waals surface area contributed by atoms with Crippen LogP contribution in [0.4, 0.5) is 13.2 Å². The van der Waals surface area contributed by atoms with E-state index in [-0.39, 0.29) is 24.2 Å². The van der Waals surface area contributed by atoms with Crippen molar-refractivity contribution >= 4 is 23.9 Å². The van der Waals surface area contributed by atoms with Gasteiger partial charge in [0.25, 0.3) is 11.8 Å². The predicted molar refractivity (Wildman–Crippen MR) is 133 cm³/mol. The number of amides is 2. The first-order valence-electron chi connectivity index (χ1n) is 11.5. The quantitative estimate of drug-likeness (QED) is 0.247. The summed E-state index contributed by atoms with van der Waals surface area (Å²) in [4.78, 5) is 36.2. The van der Waals surface area contributed by atoms with E-state index in [2.05, 4.69) is 10.6 Å². The Morgan fingerprint density at radius 1 is 0.811 bits per heavy atom. The fourth-order valence-electron chi connectivity index (χ4n) is 3.43. The van der Waals surface area contributed by atoms with E-state index in [1.807, 2.05) is 42.5 Å². The summed E-state index contributed by atoms with van der Waals surface area (Å²) in [7, 11) is 0. The standard InChI is InChI=1S/C28H25F3N2O4/c29-28(30,31)23-15-13-22(14-16-23)26(36)33-24(27(37)32-17-5-4-8-25(34)35)18-19-9-11-21(12-10-19)20-6-2-1-3-7-20/h1-3,6-7,9-16,18H,4-5,8,17H2,(H,32,37)(H,33,36)(H,34,35). The van der Waals surface area contributed by atoms with Crippen LogP contribution < -0.4 is 10.6 Å². The van der Waals surface area contributed by atoms with Crippen LogP contribution in [0.15, 0.2) is 84.6 Å². The van der Waals surface area contributed by atoms with E-state index < -0.39 is 29.5 Å². The van der Waals surface area contributed by atoms with Crippen LogP contribution in [0.25, 0.3) is 17.2 Å². The van der Waals surface area contributed by atoms with E-state index in [0.717, 1.165) is 35.4 Å². The summed E-state index contributed by atoms with van der Waals surface area (Å²) in [5.41, 5.74) is 1.54. The lowest BCUT2D eigenvalue weighted by Crippen LogP contribution is -2.35. The molecule has 0 radical (unpaired) electrons. The van der Waals surface area contributed by atoms with Gasteiger partial charge in [0.05, 0.1) is 5.56 Å². The number of alkyl halides is 3. The van der Waals surface area contributed by atoms with Crippen molar-refractivity contribution in [3.8, 4) is 11.1 Å². The van der Waals surface area contributed by atoms with Gasteiger partial charge in [0.2, 0.25) is 0 Å². The smallest absolute Gasteiger partial charge is 0.416 e. The second kappa shape index (κ2) is 12.5. The van der Waals surface area contributed by atoms with Crippen LogP contribution >= 0.6 is 0 Å². The number of carbonyl (C=O) groups excluding carboxylic acids is 2. The number of carboxylic acid groups (broad SMARTS) is 1. The molecule has 0 aromatic heterocycles. The Morgan fingerprint density at radius 3 is 2.03 bits per heavy atom. The van der Waals surface area contributed by atoms with Crippen molar-refractivity contribution in [3.05, 3.63) is 101 Å². The van der Waals surface area contributed by atoms with Crippen molar-refractivity contribution in [2.75, 3.05) is 6.54 Å². The third-order valence-corrected chi connectivity index (χ3v) is 5.40. The van der Waals surface area contributed by atoms with Crippen LogP contribution in [0.3, 0.4) is 0 Å². The summed E-state index contributed by atoms with van der Waals surface area (Å²) < 4.78 is 38.5. The number of nitrogens with one attached hydrogen (secondary N) is 2. The number of benzene rings is 3. The molecule has 9 heteroatoms. The van der Waals surface area contributed by atoms with Gasteiger partial charge >= 0.3 is 12.1 Å². The Bertz CT molecular complexity index is 1250. The maximum atomic E-state index is 12.8. The zero-order valence-corrected chi connectivity index (χ0v) is 19.7. The fraction of sp³-hybridized carbons (Fsp3) is 0.179. The predicted octanol–water partition coefficient (Wildman–Crippen LogP) is 5.51. The lowest BCUT2D eigenvalue weighted by molar-refractivity contribution is -0.138. The molecule has 0 atom stereocenters. The van der Waals surface area contributed by atoms with Gasteiger partial charge in [0, 0.05) is 18.5 Å². The minimum Gasteiger partial charge on any atom is -0.481 e. The first-order valence-corrected chi connectivity index (χ1v) is 11.5. The van der Waals surface area contributed by atoms with E-state index >= 15 is 0 Å². The number of aliphatic carboxylic acids is 1. The Labute approximate surface area is 211 Å². The van der Waals surface area contributed by atoms with Crippen molar-refractivity contribution in [1.82, 2.24) is 10.6 Å².